The van der Waals surface area contributed by atoms with Crippen molar-refractivity contribution in [3.05, 3.63) is 35.4 Å². The number of carbonyl (C=O) groups is 1. The predicted molar refractivity (Wildman–Crippen MR) is 70.2 cm³/mol. The normalized spacial score (nSPS) is 14.2. The molecule has 0 aromatic heterocycles. The zero-order valence-corrected chi connectivity index (χ0v) is 10.9. The molecule has 0 spiro atoms. The van der Waals surface area contributed by atoms with Crippen molar-refractivity contribution in [3.8, 4) is 0 Å². The average molecular weight is 254 g/mol. The van der Waals surface area contributed by atoms with Gasteiger partial charge in [0.2, 0.25) is 5.91 Å². The number of hydrogen-bond donors (Lipinski definition) is 2. The van der Waals surface area contributed by atoms with Crippen LogP contribution in [0.3, 0.4) is 0 Å². The number of nitrogens with one attached hydrogen (secondary N) is 1. The molecule has 0 aliphatic rings. The van der Waals surface area contributed by atoms with E-state index in [1.54, 1.807) is 18.4 Å². The molecule has 4 nitrogen and oxygen atoms in total. The van der Waals surface area contributed by atoms with E-state index in [1.165, 1.54) is 0 Å². The quantitative estimate of drug-likeness (QED) is 0.782. The minimum Gasteiger partial charge on any atom is -0.366 e. The lowest BCUT2D eigenvalue weighted by molar-refractivity contribution is 0.100. The maximum absolute atomic E-state index is 11.1. The molecule has 0 saturated heterocycles. The van der Waals surface area contributed by atoms with Crippen LogP contribution in [-0.4, -0.2) is 28.2 Å². The van der Waals surface area contributed by atoms with Crippen molar-refractivity contribution in [3.63, 3.8) is 0 Å². The minimum absolute atomic E-state index is 0.139. The number of amides is 1. The molecule has 0 radical (unpaired) electrons. The van der Waals surface area contributed by atoms with Crippen molar-refractivity contribution >= 4 is 16.7 Å². The zero-order chi connectivity index (χ0) is 12.8. The van der Waals surface area contributed by atoms with Crippen LogP contribution >= 0.6 is 0 Å². The molecule has 0 aliphatic carbocycles. The van der Waals surface area contributed by atoms with Gasteiger partial charge in [-0.05, 0) is 24.6 Å². The van der Waals surface area contributed by atoms with Gasteiger partial charge >= 0.3 is 0 Å². The van der Waals surface area contributed by atoms with Crippen LogP contribution in [0.25, 0.3) is 0 Å². The average Bonchev–Trinajstić information content (AvgIpc) is 2.29. The van der Waals surface area contributed by atoms with Gasteiger partial charge in [0.25, 0.3) is 0 Å². The Labute approximate surface area is 104 Å². The molecule has 94 valence electrons. The van der Waals surface area contributed by atoms with Crippen LogP contribution in [-0.2, 0) is 17.3 Å². The molecule has 0 heterocycles. The highest BCUT2D eigenvalue weighted by atomic mass is 32.2. The van der Waals surface area contributed by atoms with Crippen molar-refractivity contribution in [2.24, 2.45) is 5.73 Å². The van der Waals surface area contributed by atoms with Gasteiger partial charge in [0.05, 0.1) is 0 Å². The highest BCUT2D eigenvalue weighted by molar-refractivity contribution is 7.84. The Morgan fingerprint density at radius 1 is 1.41 bits per heavy atom. The van der Waals surface area contributed by atoms with Crippen molar-refractivity contribution < 1.29 is 9.00 Å². The Morgan fingerprint density at radius 2 is 2.00 bits per heavy atom. The molecule has 3 N–H and O–H groups in total. The van der Waals surface area contributed by atoms with Gasteiger partial charge in [0.1, 0.15) is 0 Å². The Bertz CT molecular complexity index is 403. The Hall–Kier alpha value is -1.20. The Kier molecular flexibility index (Phi) is 5.31. The van der Waals surface area contributed by atoms with E-state index >= 15 is 0 Å². The number of hydrogen-bond acceptors (Lipinski definition) is 3. The van der Waals surface area contributed by atoms with Crippen LogP contribution < -0.4 is 11.1 Å². The van der Waals surface area contributed by atoms with Gasteiger partial charge < -0.3 is 11.1 Å². The van der Waals surface area contributed by atoms with Crippen molar-refractivity contribution in [1.82, 2.24) is 5.32 Å². The van der Waals surface area contributed by atoms with E-state index in [2.05, 4.69) is 5.32 Å². The Morgan fingerprint density at radius 3 is 2.47 bits per heavy atom. The maximum atomic E-state index is 11.1. The number of primary amides is 1. The van der Waals surface area contributed by atoms with Crippen LogP contribution in [0.5, 0.6) is 0 Å². The van der Waals surface area contributed by atoms with Crippen LogP contribution in [0.1, 0.15) is 22.8 Å². The van der Waals surface area contributed by atoms with Gasteiger partial charge in [-0.15, -0.1) is 0 Å². The molecule has 1 amide bonds. The molecule has 0 aliphatic heterocycles. The summed E-state index contributed by atoms with van der Waals surface area (Å²) in [5, 5.41) is 3.36. The van der Waals surface area contributed by atoms with Crippen LogP contribution in [0.2, 0.25) is 0 Å². The molecule has 0 fully saturated rings. The fourth-order valence-electron chi connectivity index (χ4n) is 1.32. The molecule has 1 rings (SSSR count). The smallest absolute Gasteiger partial charge is 0.248 e. The fraction of sp³-hybridized carbons (Fsp3) is 0.417. The number of rotatable bonds is 6. The lowest BCUT2D eigenvalue weighted by Crippen LogP contribution is -2.27. The second-order valence-corrected chi connectivity index (χ2v) is 5.80. The third kappa shape index (κ3) is 4.66. The van der Waals surface area contributed by atoms with Gasteiger partial charge in [-0.2, -0.15) is 0 Å². The molecular weight excluding hydrogens is 236 g/mol. The number of nitrogens with two attached hydrogens (primary N) is 1. The van der Waals surface area contributed by atoms with Crippen LogP contribution in [0.15, 0.2) is 24.3 Å². The molecule has 2 atom stereocenters. The van der Waals surface area contributed by atoms with Crippen LogP contribution in [0, 0.1) is 0 Å². The molecule has 5 heteroatoms. The molecular formula is C12H18N2O2S. The van der Waals surface area contributed by atoms with E-state index in [0.29, 0.717) is 18.7 Å². The van der Waals surface area contributed by atoms with Crippen LogP contribution in [0.4, 0.5) is 0 Å². The highest BCUT2D eigenvalue weighted by Gasteiger charge is 2.05. The fourth-order valence-corrected chi connectivity index (χ4v) is 1.68. The van der Waals surface area contributed by atoms with E-state index < -0.39 is 16.7 Å². The summed E-state index contributed by atoms with van der Waals surface area (Å²) in [4.78, 5) is 10.9. The summed E-state index contributed by atoms with van der Waals surface area (Å²) in [6.07, 6.45) is 1.70. The van der Waals surface area contributed by atoms with Crippen molar-refractivity contribution in [2.75, 3.05) is 12.8 Å². The van der Waals surface area contributed by atoms with E-state index in [0.717, 1.165) is 5.56 Å². The largest absolute Gasteiger partial charge is 0.366 e. The summed E-state index contributed by atoms with van der Waals surface area (Å²) >= 11 is 0. The second kappa shape index (κ2) is 6.51. The summed E-state index contributed by atoms with van der Waals surface area (Å²) < 4.78 is 11.1. The van der Waals surface area contributed by atoms with E-state index in [-0.39, 0.29) is 5.25 Å². The second-order valence-electron chi connectivity index (χ2n) is 4.00. The minimum atomic E-state index is -0.802. The van der Waals surface area contributed by atoms with Gasteiger partial charge in [-0.1, -0.05) is 12.1 Å². The third-order valence-electron chi connectivity index (χ3n) is 2.57. The first-order chi connectivity index (χ1) is 8.00. The van der Waals surface area contributed by atoms with E-state index in [9.17, 15) is 9.00 Å². The molecule has 0 bridgehead atoms. The maximum Gasteiger partial charge on any atom is 0.248 e. The summed E-state index contributed by atoms with van der Waals surface area (Å²) in [5.74, 6) is -0.417. The summed E-state index contributed by atoms with van der Waals surface area (Å²) in [5.41, 5.74) is 6.73. The predicted octanol–water partition coefficient (Wildman–Crippen LogP) is 0.642. The Balaban J connectivity index is 2.42. The van der Waals surface area contributed by atoms with Crippen molar-refractivity contribution in [2.45, 2.75) is 18.7 Å². The van der Waals surface area contributed by atoms with Gasteiger partial charge in [0, 0.05) is 41.0 Å². The first-order valence-electron chi connectivity index (χ1n) is 5.42. The summed E-state index contributed by atoms with van der Waals surface area (Å²) in [6, 6.07) is 7.14. The number of carbonyl (C=O) groups excluding carboxylic acids is 1. The lowest BCUT2D eigenvalue weighted by atomic mass is 10.1. The topological polar surface area (TPSA) is 72.2 Å². The summed E-state index contributed by atoms with van der Waals surface area (Å²) in [6.45, 7) is 3.35. The van der Waals surface area contributed by atoms with E-state index in [1.807, 2.05) is 19.1 Å². The monoisotopic (exact) mass is 254 g/mol. The number of benzene rings is 1. The summed E-state index contributed by atoms with van der Waals surface area (Å²) in [7, 11) is -0.802. The SMILES string of the molecule is CC(CNCc1ccc(C(N)=O)cc1)S(C)=O. The van der Waals surface area contributed by atoms with Gasteiger partial charge in [-0.25, -0.2) is 0 Å². The third-order valence-corrected chi connectivity index (χ3v) is 3.87. The van der Waals surface area contributed by atoms with Gasteiger partial charge in [0.15, 0.2) is 0 Å². The highest BCUT2D eigenvalue weighted by Crippen LogP contribution is 2.03. The standard InChI is InChI=1S/C12H18N2O2S/c1-9(17(2)16)7-14-8-10-3-5-11(6-4-10)12(13)15/h3-6,9,14H,7-8H2,1-2H3,(H2,13,15). The van der Waals surface area contributed by atoms with Crippen molar-refractivity contribution in [1.29, 1.82) is 0 Å². The first kappa shape index (κ1) is 13.9. The molecule has 17 heavy (non-hydrogen) atoms. The molecule has 0 saturated carbocycles. The first-order valence-corrected chi connectivity index (χ1v) is 7.04. The van der Waals surface area contributed by atoms with E-state index in [4.69, 9.17) is 5.73 Å². The zero-order valence-electron chi connectivity index (χ0n) is 10.1. The molecule has 2 unspecified atom stereocenters. The molecule has 1 aromatic rings. The van der Waals surface area contributed by atoms with Gasteiger partial charge in [-0.3, -0.25) is 9.00 Å². The lowest BCUT2D eigenvalue weighted by Gasteiger charge is -2.09. The molecule has 1 aromatic carbocycles.